The molecule has 1 aliphatic carbocycles. The van der Waals surface area contributed by atoms with Crippen LogP contribution < -0.4 is 0 Å². The summed E-state index contributed by atoms with van der Waals surface area (Å²) in [5, 5.41) is 4.69. The summed E-state index contributed by atoms with van der Waals surface area (Å²) in [7, 11) is 2.08. The molecular weight excluding hydrogens is 172 g/mol. The smallest absolute Gasteiger partial charge is 0.0715 e. The first-order chi connectivity index (χ1) is 6.56. The van der Waals surface area contributed by atoms with Crippen LogP contribution in [-0.4, -0.2) is 9.78 Å². The van der Waals surface area contributed by atoms with Gasteiger partial charge in [0.05, 0.1) is 5.69 Å². The molecule has 0 fully saturated rings. The van der Waals surface area contributed by atoms with Crippen molar-refractivity contribution >= 4 is 0 Å². The number of hydrogen-bond donors (Lipinski definition) is 0. The van der Waals surface area contributed by atoms with E-state index in [0.29, 0.717) is 5.41 Å². The van der Waals surface area contributed by atoms with Crippen LogP contribution in [0.1, 0.15) is 50.6 Å². The van der Waals surface area contributed by atoms with E-state index in [9.17, 15) is 0 Å². The Morgan fingerprint density at radius 1 is 1.43 bits per heavy atom. The van der Waals surface area contributed by atoms with Crippen LogP contribution in [0, 0.1) is 0 Å². The standard InChI is InChI=1S/C12H20N2/c1-5-10-9-7-6-8-12(2,3)11(9)13-14(10)4/h5-8H2,1-4H3. The molecular formula is C12H20N2. The molecule has 0 amide bonds. The summed E-state index contributed by atoms with van der Waals surface area (Å²) in [6, 6.07) is 0. The highest BCUT2D eigenvalue weighted by atomic mass is 15.3. The topological polar surface area (TPSA) is 17.8 Å². The Morgan fingerprint density at radius 3 is 2.79 bits per heavy atom. The fraction of sp³-hybridized carbons (Fsp3) is 0.750. The highest BCUT2D eigenvalue weighted by Crippen LogP contribution is 2.37. The van der Waals surface area contributed by atoms with Crippen molar-refractivity contribution < 1.29 is 0 Å². The van der Waals surface area contributed by atoms with Crippen molar-refractivity contribution in [3.05, 3.63) is 17.0 Å². The van der Waals surface area contributed by atoms with E-state index in [-0.39, 0.29) is 0 Å². The summed E-state index contributed by atoms with van der Waals surface area (Å²) < 4.78 is 2.08. The number of aromatic nitrogens is 2. The maximum absolute atomic E-state index is 4.69. The molecule has 2 nitrogen and oxygen atoms in total. The van der Waals surface area contributed by atoms with Crippen molar-refractivity contribution in [1.82, 2.24) is 9.78 Å². The molecule has 78 valence electrons. The van der Waals surface area contributed by atoms with Gasteiger partial charge in [-0.15, -0.1) is 0 Å². The number of hydrogen-bond acceptors (Lipinski definition) is 1. The van der Waals surface area contributed by atoms with Crippen molar-refractivity contribution in [2.24, 2.45) is 7.05 Å². The average molecular weight is 192 g/mol. The van der Waals surface area contributed by atoms with E-state index in [4.69, 9.17) is 5.10 Å². The third-order valence-electron chi connectivity index (χ3n) is 3.48. The predicted octanol–water partition coefficient (Wildman–Crippen LogP) is 2.60. The predicted molar refractivity (Wildman–Crippen MR) is 58.6 cm³/mol. The molecule has 0 atom stereocenters. The van der Waals surface area contributed by atoms with E-state index >= 15 is 0 Å². The van der Waals surface area contributed by atoms with Gasteiger partial charge in [-0.1, -0.05) is 20.8 Å². The summed E-state index contributed by atoms with van der Waals surface area (Å²) in [5.41, 5.74) is 4.61. The molecule has 0 radical (unpaired) electrons. The molecule has 0 aliphatic heterocycles. The number of fused-ring (bicyclic) bond motifs is 1. The molecule has 1 aliphatic rings. The maximum atomic E-state index is 4.69. The zero-order valence-corrected chi connectivity index (χ0v) is 9.72. The van der Waals surface area contributed by atoms with Crippen LogP contribution in [0.5, 0.6) is 0 Å². The Kier molecular flexibility index (Phi) is 2.17. The van der Waals surface area contributed by atoms with Gasteiger partial charge in [-0.25, -0.2) is 0 Å². The van der Waals surface area contributed by atoms with Crippen LogP contribution in [0.4, 0.5) is 0 Å². The highest BCUT2D eigenvalue weighted by molar-refractivity contribution is 5.34. The summed E-state index contributed by atoms with van der Waals surface area (Å²) in [6.07, 6.45) is 4.93. The molecule has 1 heterocycles. The Morgan fingerprint density at radius 2 is 2.14 bits per heavy atom. The molecule has 1 aromatic heterocycles. The number of aryl methyl sites for hydroxylation is 1. The second-order valence-electron chi connectivity index (χ2n) is 4.99. The zero-order valence-electron chi connectivity index (χ0n) is 9.72. The molecule has 0 aromatic carbocycles. The lowest BCUT2D eigenvalue weighted by Gasteiger charge is -2.28. The highest BCUT2D eigenvalue weighted by Gasteiger charge is 2.32. The third kappa shape index (κ3) is 1.28. The third-order valence-corrected chi connectivity index (χ3v) is 3.48. The molecule has 0 saturated heterocycles. The van der Waals surface area contributed by atoms with Crippen molar-refractivity contribution in [2.45, 2.75) is 51.9 Å². The Balaban J connectivity index is 2.56. The average Bonchev–Trinajstić information content (AvgIpc) is 2.42. The summed E-state index contributed by atoms with van der Waals surface area (Å²) >= 11 is 0. The summed E-state index contributed by atoms with van der Waals surface area (Å²) in [6.45, 7) is 6.85. The lowest BCUT2D eigenvalue weighted by molar-refractivity contribution is 0.417. The first-order valence-corrected chi connectivity index (χ1v) is 5.61. The molecule has 0 unspecified atom stereocenters. The maximum Gasteiger partial charge on any atom is 0.0715 e. The van der Waals surface area contributed by atoms with Gasteiger partial charge in [-0.05, 0) is 31.2 Å². The monoisotopic (exact) mass is 192 g/mol. The van der Waals surface area contributed by atoms with Crippen LogP contribution >= 0.6 is 0 Å². The minimum atomic E-state index is 0.290. The van der Waals surface area contributed by atoms with Crippen molar-refractivity contribution in [2.75, 3.05) is 0 Å². The van der Waals surface area contributed by atoms with Crippen LogP contribution in [-0.2, 0) is 25.3 Å². The first kappa shape index (κ1) is 9.75. The van der Waals surface area contributed by atoms with E-state index < -0.39 is 0 Å². The number of rotatable bonds is 1. The lowest BCUT2D eigenvalue weighted by Crippen LogP contribution is -2.24. The van der Waals surface area contributed by atoms with Gasteiger partial charge in [0, 0.05) is 18.2 Å². The van der Waals surface area contributed by atoms with Gasteiger partial charge in [0.1, 0.15) is 0 Å². The van der Waals surface area contributed by atoms with Gasteiger partial charge < -0.3 is 0 Å². The van der Waals surface area contributed by atoms with Crippen molar-refractivity contribution in [1.29, 1.82) is 0 Å². The second-order valence-corrected chi connectivity index (χ2v) is 4.99. The molecule has 0 bridgehead atoms. The normalized spacial score (nSPS) is 19.4. The van der Waals surface area contributed by atoms with Gasteiger partial charge in [0.25, 0.3) is 0 Å². The molecule has 0 spiro atoms. The summed E-state index contributed by atoms with van der Waals surface area (Å²) in [4.78, 5) is 0. The minimum Gasteiger partial charge on any atom is -0.272 e. The van der Waals surface area contributed by atoms with E-state index in [1.807, 2.05) is 0 Å². The van der Waals surface area contributed by atoms with Gasteiger partial charge in [-0.2, -0.15) is 5.10 Å². The largest absolute Gasteiger partial charge is 0.272 e. The lowest BCUT2D eigenvalue weighted by atomic mass is 9.76. The van der Waals surface area contributed by atoms with Gasteiger partial charge in [-0.3, -0.25) is 4.68 Å². The van der Waals surface area contributed by atoms with Crippen molar-refractivity contribution in [3.63, 3.8) is 0 Å². The Bertz CT molecular complexity index is 347. The van der Waals surface area contributed by atoms with E-state index in [1.54, 1.807) is 0 Å². The van der Waals surface area contributed by atoms with Crippen LogP contribution in [0.3, 0.4) is 0 Å². The molecule has 14 heavy (non-hydrogen) atoms. The van der Waals surface area contributed by atoms with Gasteiger partial charge >= 0.3 is 0 Å². The molecule has 2 heteroatoms. The SMILES string of the molecule is CCc1c2c(nn1C)C(C)(C)CCC2. The molecule has 2 rings (SSSR count). The minimum absolute atomic E-state index is 0.290. The molecule has 0 saturated carbocycles. The Hall–Kier alpha value is -0.790. The van der Waals surface area contributed by atoms with E-state index in [0.717, 1.165) is 6.42 Å². The van der Waals surface area contributed by atoms with Crippen LogP contribution in [0.15, 0.2) is 0 Å². The van der Waals surface area contributed by atoms with Gasteiger partial charge in [0.2, 0.25) is 0 Å². The van der Waals surface area contributed by atoms with E-state index in [1.165, 1.54) is 36.2 Å². The first-order valence-electron chi connectivity index (χ1n) is 5.61. The zero-order chi connectivity index (χ0) is 10.3. The summed E-state index contributed by atoms with van der Waals surface area (Å²) in [5.74, 6) is 0. The number of nitrogens with zero attached hydrogens (tertiary/aromatic N) is 2. The fourth-order valence-electron chi connectivity index (χ4n) is 2.68. The quantitative estimate of drug-likeness (QED) is 0.668. The van der Waals surface area contributed by atoms with E-state index in [2.05, 4.69) is 32.5 Å². The second kappa shape index (κ2) is 3.11. The van der Waals surface area contributed by atoms with Gasteiger partial charge in [0.15, 0.2) is 0 Å². The molecule has 0 N–H and O–H groups in total. The van der Waals surface area contributed by atoms with Crippen LogP contribution in [0.2, 0.25) is 0 Å². The molecule has 1 aromatic rings. The van der Waals surface area contributed by atoms with Crippen LogP contribution in [0.25, 0.3) is 0 Å². The van der Waals surface area contributed by atoms with Crippen molar-refractivity contribution in [3.8, 4) is 0 Å². The fourth-order valence-corrected chi connectivity index (χ4v) is 2.68. The Labute approximate surface area is 86.3 Å².